The molecular formula is C14H18FNO2. The van der Waals surface area contributed by atoms with Crippen LogP contribution in [0.4, 0.5) is 4.39 Å². The van der Waals surface area contributed by atoms with E-state index in [-0.39, 0.29) is 24.2 Å². The number of hydrogen-bond acceptors (Lipinski definition) is 2. The van der Waals surface area contributed by atoms with Crippen molar-refractivity contribution in [2.75, 3.05) is 0 Å². The lowest BCUT2D eigenvalue weighted by molar-refractivity contribution is -0.122. The maximum atomic E-state index is 13.0. The van der Waals surface area contributed by atoms with Gasteiger partial charge in [-0.25, -0.2) is 4.39 Å². The van der Waals surface area contributed by atoms with Gasteiger partial charge in [0.15, 0.2) is 0 Å². The lowest BCUT2D eigenvalue weighted by Gasteiger charge is -2.28. The van der Waals surface area contributed by atoms with Crippen molar-refractivity contribution in [1.82, 2.24) is 5.32 Å². The van der Waals surface area contributed by atoms with E-state index in [1.54, 1.807) is 12.1 Å². The summed E-state index contributed by atoms with van der Waals surface area (Å²) < 4.78 is 13.0. The van der Waals surface area contributed by atoms with Crippen LogP contribution in [-0.2, 0) is 11.2 Å². The zero-order valence-corrected chi connectivity index (χ0v) is 10.2. The number of benzene rings is 1. The summed E-state index contributed by atoms with van der Waals surface area (Å²) in [6, 6.07) is 5.87. The zero-order valence-electron chi connectivity index (χ0n) is 10.2. The SMILES string of the molecule is O=C(Cc1cccc(F)c1)N[C@H]1CCCC[C@@H]1O. The first-order chi connectivity index (χ1) is 8.65. The topological polar surface area (TPSA) is 49.3 Å². The molecule has 2 rings (SSSR count). The fraction of sp³-hybridized carbons (Fsp3) is 0.500. The fourth-order valence-corrected chi connectivity index (χ4v) is 2.37. The number of hydrogen-bond donors (Lipinski definition) is 2. The largest absolute Gasteiger partial charge is 0.391 e. The normalized spacial score (nSPS) is 23.7. The second-order valence-corrected chi connectivity index (χ2v) is 4.83. The number of aliphatic hydroxyl groups excluding tert-OH is 1. The minimum atomic E-state index is -0.449. The molecule has 2 atom stereocenters. The van der Waals surface area contributed by atoms with E-state index < -0.39 is 6.10 Å². The molecule has 0 spiro atoms. The summed E-state index contributed by atoms with van der Waals surface area (Å²) >= 11 is 0. The molecule has 4 heteroatoms. The van der Waals surface area contributed by atoms with Crippen molar-refractivity contribution in [2.24, 2.45) is 0 Å². The predicted molar refractivity (Wildman–Crippen MR) is 66.5 cm³/mol. The number of carbonyl (C=O) groups is 1. The molecule has 3 nitrogen and oxygen atoms in total. The minimum Gasteiger partial charge on any atom is -0.391 e. The van der Waals surface area contributed by atoms with Gasteiger partial charge in [0, 0.05) is 0 Å². The van der Waals surface area contributed by atoms with Gasteiger partial charge in [0.2, 0.25) is 5.91 Å². The molecule has 1 amide bonds. The van der Waals surface area contributed by atoms with Crippen LogP contribution in [0.15, 0.2) is 24.3 Å². The van der Waals surface area contributed by atoms with Gasteiger partial charge in [-0.2, -0.15) is 0 Å². The molecule has 0 saturated heterocycles. The second-order valence-electron chi connectivity index (χ2n) is 4.83. The molecule has 98 valence electrons. The number of halogens is 1. The molecule has 18 heavy (non-hydrogen) atoms. The lowest BCUT2D eigenvalue weighted by Crippen LogP contribution is -2.45. The van der Waals surface area contributed by atoms with Gasteiger partial charge >= 0.3 is 0 Å². The Morgan fingerprint density at radius 3 is 2.89 bits per heavy atom. The zero-order chi connectivity index (χ0) is 13.0. The molecular weight excluding hydrogens is 233 g/mol. The Morgan fingerprint density at radius 1 is 1.39 bits per heavy atom. The van der Waals surface area contributed by atoms with E-state index in [1.807, 2.05) is 0 Å². The van der Waals surface area contributed by atoms with Crippen molar-refractivity contribution >= 4 is 5.91 Å². The number of nitrogens with one attached hydrogen (secondary N) is 1. The average molecular weight is 251 g/mol. The van der Waals surface area contributed by atoms with Gasteiger partial charge in [0.1, 0.15) is 5.82 Å². The van der Waals surface area contributed by atoms with E-state index in [9.17, 15) is 14.3 Å². The van der Waals surface area contributed by atoms with Crippen LogP contribution in [0, 0.1) is 5.82 Å². The Kier molecular flexibility index (Phi) is 4.31. The van der Waals surface area contributed by atoms with E-state index in [4.69, 9.17) is 0 Å². The molecule has 1 aliphatic carbocycles. The third-order valence-electron chi connectivity index (χ3n) is 3.33. The highest BCUT2D eigenvalue weighted by Crippen LogP contribution is 2.18. The van der Waals surface area contributed by atoms with E-state index in [0.717, 1.165) is 25.7 Å². The molecule has 1 aliphatic rings. The highest BCUT2D eigenvalue weighted by Gasteiger charge is 2.24. The van der Waals surface area contributed by atoms with Crippen LogP contribution in [-0.4, -0.2) is 23.2 Å². The molecule has 0 heterocycles. The molecule has 1 saturated carbocycles. The summed E-state index contributed by atoms with van der Waals surface area (Å²) in [4.78, 5) is 11.8. The van der Waals surface area contributed by atoms with E-state index >= 15 is 0 Å². The fourth-order valence-electron chi connectivity index (χ4n) is 2.37. The molecule has 0 radical (unpaired) electrons. The number of carbonyl (C=O) groups excluding carboxylic acids is 1. The minimum absolute atomic E-state index is 0.153. The van der Waals surface area contributed by atoms with Crippen LogP contribution in [0.1, 0.15) is 31.2 Å². The molecule has 1 fully saturated rings. The Balaban J connectivity index is 1.88. The first-order valence-electron chi connectivity index (χ1n) is 6.37. The third kappa shape index (κ3) is 3.53. The quantitative estimate of drug-likeness (QED) is 0.860. The van der Waals surface area contributed by atoms with Gasteiger partial charge in [-0.1, -0.05) is 25.0 Å². The lowest BCUT2D eigenvalue weighted by atomic mass is 9.92. The van der Waals surface area contributed by atoms with Crippen molar-refractivity contribution < 1.29 is 14.3 Å². The van der Waals surface area contributed by atoms with Crippen molar-refractivity contribution in [1.29, 1.82) is 0 Å². The van der Waals surface area contributed by atoms with Gasteiger partial charge in [-0.3, -0.25) is 4.79 Å². The highest BCUT2D eigenvalue weighted by atomic mass is 19.1. The monoisotopic (exact) mass is 251 g/mol. The molecule has 2 N–H and O–H groups in total. The molecule has 0 aromatic heterocycles. The van der Waals surface area contributed by atoms with Gasteiger partial charge in [-0.05, 0) is 30.5 Å². The van der Waals surface area contributed by atoms with E-state index in [2.05, 4.69) is 5.32 Å². The third-order valence-corrected chi connectivity index (χ3v) is 3.33. The standard InChI is InChI=1S/C14H18FNO2/c15-11-5-3-4-10(8-11)9-14(18)16-12-6-1-2-7-13(12)17/h3-5,8,12-13,17H,1-2,6-7,9H2,(H,16,18)/t12-,13-/m0/s1. The van der Waals surface area contributed by atoms with Gasteiger partial charge < -0.3 is 10.4 Å². The summed E-state index contributed by atoms with van der Waals surface area (Å²) in [5, 5.41) is 12.6. The van der Waals surface area contributed by atoms with Crippen LogP contribution in [0.3, 0.4) is 0 Å². The van der Waals surface area contributed by atoms with Gasteiger partial charge in [0.25, 0.3) is 0 Å². The first-order valence-corrected chi connectivity index (χ1v) is 6.37. The maximum absolute atomic E-state index is 13.0. The molecule has 1 aromatic carbocycles. The highest BCUT2D eigenvalue weighted by molar-refractivity contribution is 5.78. The molecule has 0 aliphatic heterocycles. The summed E-state index contributed by atoms with van der Waals surface area (Å²) in [5.74, 6) is -0.496. The van der Waals surface area contributed by atoms with Crippen molar-refractivity contribution in [3.63, 3.8) is 0 Å². The first kappa shape index (κ1) is 13.0. The van der Waals surface area contributed by atoms with Crippen LogP contribution in [0.25, 0.3) is 0 Å². The van der Waals surface area contributed by atoms with Crippen LogP contribution in [0.5, 0.6) is 0 Å². The number of amides is 1. The van der Waals surface area contributed by atoms with Crippen LogP contribution < -0.4 is 5.32 Å². The predicted octanol–water partition coefficient (Wildman–Crippen LogP) is 1.79. The Labute approximate surface area is 106 Å². The van der Waals surface area contributed by atoms with Crippen molar-refractivity contribution in [3.8, 4) is 0 Å². The Bertz CT molecular complexity index is 422. The Hall–Kier alpha value is -1.42. The molecule has 1 aromatic rings. The maximum Gasteiger partial charge on any atom is 0.224 e. The molecule has 0 bridgehead atoms. The van der Waals surface area contributed by atoms with Gasteiger partial charge in [-0.15, -0.1) is 0 Å². The van der Waals surface area contributed by atoms with E-state index in [1.165, 1.54) is 12.1 Å². The van der Waals surface area contributed by atoms with Crippen LogP contribution >= 0.6 is 0 Å². The average Bonchev–Trinajstić information content (AvgIpc) is 2.32. The molecule has 0 unspecified atom stereocenters. The number of rotatable bonds is 3. The number of aliphatic hydroxyl groups is 1. The van der Waals surface area contributed by atoms with Crippen LogP contribution in [0.2, 0.25) is 0 Å². The summed E-state index contributed by atoms with van der Waals surface area (Å²) in [6.45, 7) is 0. The second kappa shape index (κ2) is 5.96. The Morgan fingerprint density at radius 2 is 2.17 bits per heavy atom. The summed E-state index contributed by atoms with van der Waals surface area (Å²) in [5.41, 5.74) is 0.651. The van der Waals surface area contributed by atoms with Gasteiger partial charge in [0.05, 0.1) is 18.6 Å². The summed E-state index contributed by atoms with van der Waals surface area (Å²) in [7, 11) is 0. The van der Waals surface area contributed by atoms with E-state index in [0.29, 0.717) is 5.56 Å². The van der Waals surface area contributed by atoms with Crippen molar-refractivity contribution in [2.45, 2.75) is 44.2 Å². The van der Waals surface area contributed by atoms with Crippen molar-refractivity contribution in [3.05, 3.63) is 35.6 Å². The summed E-state index contributed by atoms with van der Waals surface area (Å²) in [6.07, 6.45) is 3.30. The smallest absolute Gasteiger partial charge is 0.224 e.